The molecule has 0 bridgehead atoms. The molecule has 50 heavy (non-hydrogen) atoms. The Kier molecular flexibility index (Phi) is 13.8. The lowest BCUT2D eigenvalue weighted by Gasteiger charge is -2.16. The van der Waals surface area contributed by atoms with Crippen LogP contribution in [0.2, 0.25) is 0 Å². The number of hydrogen-bond acceptors (Lipinski definition) is 11. The van der Waals surface area contributed by atoms with Gasteiger partial charge < -0.3 is 34.9 Å². The van der Waals surface area contributed by atoms with Gasteiger partial charge in [-0.1, -0.05) is 31.2 Å². The van der Waals surface area contributed by atoms with Crippen LogP contribution in [0.15, 0.2) is 82.7 Å². The molecule has 0 saturated carbocycles. The Morgan fingerprint density at radius 1 is 0.900 bits per heavy atom. The van der Waals surface area contributed by atoms with Crippen LogP contribution in [0.25, 0.3) is 6.08 Å². The van der Waals surface area contributed by atoms with Crippen molar-refractivity contribution in [1.29, 1.82) is 0 Å². The number of ether oxygens (including phenoxy) is 4. The Hall–Kier alpha value is -5.34. The largest absolute Gasteiger partial charge is 0.493 e. The summed E-state index contributed by atoms with van der Waals surface area (Å²) in [6, 6.07) is 18.9. The lowest BCUT2D eigenvalue weighted by molar-refractivity contribution is -0.142. The van der Waals surface area contributed by atoms with Gasteiger partial charge in [0.2, 0.25) is 11.7 Å². The number of thiazole rings is 1. The minimum absolute atomic E-state index is 0.0278. The van der Waals surface area contributed by atoms with E-state index in [0.29, 0.717) is 51.3 Å². The number of benzene rings is 3. The highest BCUT2D eigenvalue weighted by Gasteiger charge is 2.21. The van der Waals surface area contributed by atoms with Crippen LogP contribution in [0, 0.1) is 0 Å². The molecule has 0 aliphatic rings. The summed E-state index contributed by atoms with van der Waals surface area (Å²) in [6.07, 6.45) is 2.05. The highest BCUT2D eigenvalue weighted by molar-refractivity contribution is 8.00. The maximum atomic E-state index is 13.7. The first-order valence-corrected chi connectivity index (χ1v) is 17.3. The second kappa shape index (κ2) is 18.4. The Morgan fingerprint density at radius 3 is 2.26 bits per heavy atom. The summed E-state index contributed by atoms with van der Waals surface area (Å²) in [5, 5.41) is 10.0. The van der Waals surface area contributed by atoms with Crippen LogP contribution in [0.5, 0.6) is 17.2 Å². The second-order valence-corrected chi connectivity index (χ2v) is 12.6. The molecule has 1 atom stereocenters. The topological polar surface area (TPSA) is 154 Å². The van der Waals surface area contributed by atoms with Gasteiger partial charge in [-0.2, -0.15) is 0 Å². The Bertz CT molecular complexity index is 1820. The number of methoxy groups -OCH3 is 3. The summed E-state index contributed by atoms with van der Waals surface area (Å²) in [5.74, 6) is -0.566. The molecule has 4 rings (SSSR count). The van der Waals surface area contributed by atoms with Crippen LogP contribution in [-0.4, -0.2) is 61.9 Å². The van der Waals surface area contributed by atoms with Crippen LogP contribution < -0.4 is 30.2 Å². The highest BCUT2D eigenvalue weighted by atomic mass is 32.2. The average molecular weight is 719 g/mol. The third kappa shape index (κ3) is 10.3. The number of carbonyl (C=O) groups is 4. The molecular formula is C36H38N4O8S2. The number of hydrogen-bond donors (Lipinski definition) is 3. The van der Waals surface area contributed by atoms with Crippen molar-refractivity contribution in [3.63, 3.8) is 0 Å². The minimum atomic E-state index is -0.586. The van der Waals surface area contributed by atoms with Crippen molar-refractivity contribution in [2.45, 2.75) is 36.8 Å². The van der Waals surface area contributed by atoms with E-state index >= 15 is 0 Å². The van der Waals surface area contributed by atoms with Gasteiger partial charge >= 0.3 is 5.97 Å². The summed E-state index contributed by atoms with van der Waals surface area (Å²) in [7, 11) is 4.45. The molecule has 262 valence electrons. The van der Waals surface area contributed by atoms with Crippen molar-refractivity contribution in [2.75, 3.05) is 38.6 Å². The van der Waals surface area contributed by atoms with Gasteiger partial charge in [0, 0.05) is 21.5 Å². The molecule has 14 heteroatoms. The molecule has 0 radical (unpaired) electrons. The fourth-order valence-corrected chi connectivity index (χ4v) is 6.34. The van der Waals surface area contributed by atoms with Gasteiger partial charge in [-0.15, -0.1) is 23.1 Å². The molecule has 0 spiro atoms. The highest BCUT2D eigenvalue weighted by Crippen LogP contribution is 2.39. The van der Waals surface area contributed by atoms with Gasteiger partial charge in [0.15, 0.2) is 16.6 Å². The molecule has 0 aliphatic heterocycles. The van der Waals surface area contributed by atoms with Crippen molar-refractivity contribution < 1.29 is 38.1 Å². The molecule has 1 unspecified atom stereocenters. The van der Waals surface area contributed by atoms with Crippen molar-refractivity contribution in [3.05, 3.63) is 94.6 Å². The molecule has 12 nitrogen and oxygen atoms in total. The van der Waals surface area contributed by atoms with E-state index in [1.54, 1.807) is 73.0 Å². The Morgan fingerprint density at radius 2 is 1.62 bits per heavy atom. The number of thioether (sulfide) groups is 1. The molecule has 4 aromatic rings. The first-order valence-electron chi connectivity index (χ1n) is 15.5. The van der Waals surface area contributed by atoms with E-state index in [1.165, 1.54) is 50.5 Å². The lowest BCUT2D eigenvalue weighted by atomic mass is 10.1. The van der Waals surface area contributed by atoms with Gasteiger partial charge in [0.25, 0.3) is 11.8 Å². The van der Waals surface area contributed by atoms with Crippen LogP contribution in [-0.2, 0) is 25.5 Å². The van der Waals surface area contributed by atoms with E-state index in [0.717, 1.165) is 4.90 Å². The van der Waals surface area contributed by atoms with Crippen LogP contribution in [0.4, 0.5) is 10.8 Å². The molecule has 0 saturated heterocycles. The van der Waals surface area contributed by atoms with Gasteiger partial charge in [0.05, 0.1) is 45.3 Å². The van der Waals surface area contributed by atoms with Crippen molar-refractivity contribution in [3.8, 4) is 17.2 Å². The van der Waals surface area contributed by atoms with Gasteiger partial charge in [-0.3, -0.25) is 19.2 Å². The predicted octanol–water partition coefficient (Wildman–Crippen LogP) is 6.19. The van der Waals surface area contributed by atoms with Crippen LogP contribution >= 0.6 is 23.1 Å². The number of esters is 1. The molecule has 0 aliphatic carbocycles. The number of nitrogens with zero attached hydrogens (tertiary/aromatic N) is 1. The van der Waals surface area contributed by atoms with Crippen molar-refractivity contribution in [2.24, 2.45) is 0 Å². The quantitative estimate of drug-likeness (QED) is 0.0694. The van der Waals surface area contributed by atoms with Gasteiger partial charge in [0.1, 0.15) is 5.70 Å². The molecule has 0 fully saturated rings. The number of amides is 3. The fraction of sp³-hybridized carbons (Fsp3) is 0.250. The summed E-state index contributed by atoms with van der Waals surface area (Å²) < 4.78 is 21.3. The first-order chi connectivity index (χ1) is 24.2. The summed E-state index contributed by atoms with van der Waals surface area (Å²) >= 11 is 2.56. The van der Waals surface area contributed by atoms with Crippen LogP contribution in [0.1, 0.15) is 41.9 Å². The maximum Gasteiger partial charge on any atom is 0.311 e. The van der Waals surface area contributed by atoms with E-state index < -0.39 is 17.1 Å². The number of aromatic nitrogens is 1. The number of carbonyl (C=O) groups excluding carboxylic acids is 4. The lowest BCUT2D eigenvalue weighted by Crippen LogP contribution is -2.30. The second-order valence-electron chi connectivity index (χ2n) is 10.4. The smallest absolute Gasteiger partial charge is 0.311 e. The van der Waals surface area contributed by atoms with Gasteiger partial charge in [-0.25, -0.2) is 4.98 Å². The third-order valence-corrected chi connectivity index (χ3v) is 9.14. The molecule has 1 aromatic heterocycles. The predicted molar refractivity (Wildman–Crippen MR) is 194 cm³/mol. The molecule has 3 aromatic carbocycles. The Labute approximate surface area is 298 Å². The summed E-state index contributed by atoms with van der Waals surface area (Å²) in [6.45, 7) is 3.91. The maximum absolute atomic E-state index is 13.7. The molecule has 1 heterocycles. The minimum Gasteiger partial charge on any atom is -0.493 e. The summed E-state index contributed by atoms with van der Waals surface area (Å²) in [5.41, 5.74) is 1.80. The zero-order valence-electron chi connectivity index (χ0n) is 28.2. The van der Waals surface area contributed by atoms with Gasteiger partial charge in [-0.05, 0) is 67.4 Å². The number of anilines is 2. The van der Waals surface area contributed by atoms with Crippen molar-refractivity contribution >= 4 is 63.7 Å². The average Bonchev–Trinajstić information content (AvgIpc) is 3.56. The summed E-state index contributed by atoms with van der Waals surface area (Å²) in [4.78, 5) is 56.9. The standard InChI is InChI=1S/C36H38N4O8S2/c1-6-30(35(44)40-36-38-25(21-49-36)20-31(41)48-7-2)50-26-15-11-14-24(19-26)37-34(43)27(39-33(42)23-12-9-8-10-13-23)16-22-17-28(45-3)32(47-5)29(18-22)46-4/h8-19,21,30H,6-7,20H2,1-5H3,(H,37,43)(H,39,42)(H,38,40,44)/b27-16+. The SMILES string of the molecule is CCOC(=O)Cc1csc(NC(=O)C(CC)Sc2cccc(NC(=O)/C(=C\c3cc(OC)c(OC)c(OC)c3)NC(=O)c3ccccc3)c2)n1. The normalized spacial score (nSPS) is 11.6. The monoisotopic (exact) mass is 718 g/mol. The van der Waals surface area contributed by atoms with Crippen molar-refractivity contribution in [1.82, 2.24) is 10.3 Å². The molecular weight excluding hydrogens is 681 g/mol. The third-order valence-electron chi connectivity index (χ3n) is 6.97. The zero-order chi connectivity index (χ0) is 36.0. The molecule has 3 amide bonds. The van der Waals surface area contributed by atoms with E-state index in [4.69, 9.17) is 18.9 Å². The van der Waals surface area contributed by atoms with E-state index in [9.17, 15) is 19.2 Å². The van der Waals surface area contributed by atoms with Crippen LogP contribution in [0.3, 0.4) is 0 Å². The molecule has 3 N–H and O–H groups in total. The first kappa shape index (κ1) is 37.5. The Balaban J connectivity index is 1.52. The number of nitrogens with one attached hydrogen (secondary N) is 3. The fourth-order valence-electron chi connectivity index (χ4n) is 4.62. The van der Waals surface area contributed by atoms with E-state index in [2.05, 4.69) is 20.9 Å². The van der Waals surface area contributed by atoms with E-state index in [1.807, 2.05) is 13.0 Å². The zero-order valence-corrected chi connectivity index (χ0v) is 29.9. The number of rotatable bonds is 16. The van der Waals surface area contributed by atoms with E-state index in [-0.39, 0.29) is 30.6 Å².